The number of ether oxygens (including phenoxy) is 1. The van der Waals surface area contributed by atoms with Crippen LogP contribution in [0.1, 0.15) is 27.9 Å². The standard InChI is InChI=1S/C16H14O2/c17-16(13-6-2-1-3-7-13)18-15-11-5-9-12-8-4-10-14(12)15/h1-3,5-7,9,11H,4,8,10H2. The molecule has 1 aliphatic rings. The topological polar surface area (TPSA) is 26.3 Å². The molecule has 0 heterocycles. The summed E-state index contributed by atoms with van der Waals surface area (Å²) in [5.74, 6) is 0.440. The highest BCUT2D eigenvalue weighted by Gasteiger charge is 2.17. The molecular weight excluding hydrogens is 224 g/mol. The molecule has 0 spiro atoms. The van der Waals surface area contributed by atoms with Crippen LogP contribution in [0.15, 0.2) is 48.5 Å². The summed E-state index contributed by atoms with van der Waals surface area (Å²) >= 11 is 0. The zero-order chi connectivity index (χ0) is 12.4. The van der Waals surface area contributed by atoms with Gasteiger partial charge in [0.25, 0.3) is 0 Å². The first-order chi connectivity index (χ1) is 8.84. The SMILES string of the molecule is O=C(Oc1cccc2c1CCC2)c1ccccc1. The molecule has 1 aliphatic carbocycles. The molecule has 0 N–H and O–H groups in total. The van der Waals surface area contributed by atoms with Crippen LogP contribution in [0.5, 0.6) is 5.75 Å². The van der Waals surface area contributed by atoms with Crippen molar-refractivity contribution in [2.45, 2.75) is 19.3 Å². The van der Waals surface area contributed by atoms with Crippen molar-refractivity contribution < 1.29 is 9.53 Å². The van der Waals surface area contributed by atoms with Gasteiger partial charge in [-0.1, -0.05) is 30.3 Å². The van der Waals surface area contributed by atoms with Gasteiger partial charge in [0.05, 0.1) is 5.56 Å². The number of carbonyl (C=O) groups excluding carboxylic acids is 1. The average molecular weight is 238 g/mol. The van der Waals surface area contributed by atoms with Crippen LogP contribution in [-0.4, -0.2) is 5.97 Å². The number of fused-ring (bicyclic) bond motifs is 1. The van der Waals surface area contributed by atoms with E-state index in [0.29, 0.717) is 5.56 Å². The van der Waals surface area contributed by atoms with Gasteiger partial charge in [-0.15, -0.1) is 0 Å². The van der Waals surface area contributed by atoms with Gasteiger partial charge in [-0.05, 0) is 48.6 Å². The maximum atomic E-state index is 12.0. The van der Waals surface area contributed by atoms with E-state index in [-0.39, 0.29) is 5.97 Å². The van der Waals surface area contributed by atoms with Crippen LogP contribution in [0.2, 0.25) is 0 Å². The van der Waals surface area contributed by atoms with Gasteiger partial charge in [0.1, 0.15) is 5.75 Å². The monoisotopic (exact) mass is 238 g/mol. The molecule has 0 saturated heterocycles. The molecular formula is C16H14O2. The van der Waals surface area contributed by atoms with Crippen LogP contribution in [0.4, 0.5) is 0 Å². The summed E-state index contributed by atoms with van der Waals surface area (Å²) in [5.41, 5.74) is 3.10. The third kappa shape index (κ3) is 2.02. The molecule has 0 saturated carbocycles. The van der Waals surface area contributed by atoms with Crippen LogP contribution in [0.3, 0.4) is 0 Å². The van der Waals surface area contributed by atoms with Crippen molar-refractivity contribution in [3.8, 4) is 5.75 Å². The number of carbonyl (C=O) groups is 1. The molecule has 0 amide bonds. The largest absolute Gasteiger partial charge is 0.423 e. The Labute approximate surface area is 106 Å². The first-order valence-electron chi connectivity index (χ1n) is 6.22. The van der Waals surface area contributed by atoms with E-state index in [2.05, 4.69) is 6.07 Å². The fourth-order valence-corrected chi connectivity index (χ4v) is 2.41. The number of benzene rings is 2. The van der Waals surface area contributed by atoms with Gasteiger partial charge < -0.3 is 4.74 Å². The minimum absolute atomic E-state index is 0.282. The summed E-state index contributed by atoms with van der Waals surface area (Å²) in [4.78, 5) is 12.0. The molecule has 0 aliphatic heterocycles. The minimum Gasteiger partial charge on any atom is -0.423 e. The van der Waals surface area contributed by atoms with Crippen LogP contribution < -0.4 is 4.74 Å². The van der Waals surface area contributed by atoms with Gasteiger partial charge in [0.15, 0.2) is 0 Å². The van der Waals surface area contributed by atoms with Crippen LogP contribution in [0, 0.1) is 0 Å². The number of rotatable bonds is 2. The predicted octanol–water partition coefficient (Wildman–Crippen LogP) is 3.39. The third-order valence-electron chi connectivity index (χ3n) is 3.32. The first-order valence-corrected chi connectivity index (χ1v) is 6.22. The molecule has 0 unspecified atom stereocenters. The molecule has 0 aromatic heterocycles. The maximum Gasteiger partial charge on any atom is 0.343 e. The molecule has 2 aromatic rings. The van der Waals surface area contributed by atoms with Crippen molar-refractivity contribution >= 4 is 5.97 Å². The highest BCUT2D eigenvalue weighted by molar-refractivity contribution is 5.91. The Bertz CT molecular complexity index is 573. The van der Waals surface area contributed by atoms with Crippen LogP contribution >= 0.6 is 0 Å². The smallest absolute Gasteiger partial charge is 0.343 e. The lowest BCUT2D eigenvalue weighted by molar-refractivity contribution is 0.0733. The van der Waals surface area contributed by atoms with Gasteiger partial charge in [-0.2, -0.15) is 0 Å². The Morgan fingerprint density at radius 3 is 2.61 bits per heavy atom. The second-order valence-electron chi connectivity index (χ2n) is 4.50. The summed E-state index contributed by atoms with van der Waals surface area (Å²) in [6, 6.07) is 15.1. The van der Waals surface area contributed by atoms with E-state index in [1.54, 1.807) is 12.1 Å². The van der Waals surface area contributed by atoms with Gasteiger partial charge in [-0.25, -0.2) is 4.79 Å². The number of hydrogen-bond acceptors (Lipinski definition) is 2. The maximum absolute atomic E-state index is 12.0. The molecule has 2 aromatic carbocycles. The summed E-state index contributed by atoms with van der Waals surface area (Å²) < 4.78 is 5.50. The minimum atomic E-state index is -0.282. The lowest BCUT2D eigenvalue weighted by atomic mass is 10.1. The van der Waals surface area contributed by atoms with Crippen molar-refractivity contribution in [1.29, 1.82) is 0 Å². The molecule has 0 bridgehead atoms. The second-order valence-corrected chi connectivity index (χ2v) is 4.50. The zero-order valence-corrected chi connectivity index (χ0v) is 10.1. The van der Waals surface area contributed by atoms with Gasteiger partial charge in [0.2, 0.25) is 0 Å². The fraction of sp³-hybridized carbons (Fsp3) is 0.188. The molecule has 0 radical (unpaired) electrons. The molecule has 0 fully saturated rings. The first kappa shape index (κ1) is 11.0. The van der Waals surface area contributed by atoms with Gasteiger partial charge in [0, 0.05) is 0 Å². The summed E-state index contributed by atoms with van der Waals surface area (Å²) in [7, 11) is 0. The Morgan fingerprint density at radius 2 is 1.78 bits per heavy atom. The van der Waals surface area contributed by atoms with E-state index in [0.717, 1.165) is 25.0 Å². The molecule has 90 valence electrons. The van der Waals surface area contributed by atoms with E-state index >= 15 is 0 Å². The molecule has 2 nitrogen and oxygen atoms in total. The highest BCUT2D eigenvalue weighted by Crippen LogP contribution is 2.30. The quantitative estimate of drug-likeness (QED) is 0.592. The van der Waals surface area contributed by atoms with Crippen molar-refractivity contribution in [2.75, 3.05) is 0 Å². The van der Waals surface area contributed by atoms with Crippen molar-refractivity contribution in [1.82, 2.24) is 0 Å². The van der Waals surface area contributed by atoms with Gasteiger partial charge in [-0.3, -0.25) is 0 Å². The lowest BCUT2D eigenvalue weighted by Crippen LogP contribution is -2.09. The number of aryl methyl sites for hydroxylation is 1. The fourth-order valence-electron chi connectivity index (χ4n) is 2.41. The van der Waals surface area contributed by atoms with Crippen molar-refractivity contribution in [3.63, 3.8) is 0 Å². The van der Waals surface area contributed by atoms with E-state index in [1.165, 1.54) is 11.1 Å². The predicted molar refractivity (Wildman–Crippen MR) is 69.9 cm³/mol. The average Bonchev–Trinajstić information content (AvgIpc) is 2.89. The molecule has 0 atom stereocenters. The van der Waals surface area contributed by atoms with Crippen molar-refractivity contribution in [3.05, 3.63) is 65.2 Å². The van der Waals surface area contributed by atoms with E-state index in [1.807, 2.05) is 30.3 Å². The Hall–Kier alpha value is -2.09. The summed E-state index contributed by atoms with van der Waals surface area (Å²) in [6.07, 6.45) is 3.24. The number of hydrogen-bond donors (Lipinski definition) is 0. The van der Waals surface area contributed by atoms with E-state index in [9.17, 15) is 4.79 Å². The molecule has 18 heavy (non-hydrogen) atoms. The van der Waals surface area contributed by atoms with Crippen molar-refractivity contribution in [2.24, 2.45) is 0 Å². The summed E-state index contributed by atoms with van der Waals surface area (Å²) in [6.45, 7) is 0. The molecule has 3 rings (SSSR count). The Morgan fingerprint density at radius 1 is 0.944 bits per heavy atom. The van der Waals surface area contributed by atoms with Crippen LogP contribution in [-0.2, 0) is 12.8 Å². The zero-order valence-electron chi connectivity index (χ0n) is 10.1. The third-order valence-corrected chi connectivity index (χ3v) is 3.32. The van der Waals surface area contributed by atoms with E-state index in [4.69, 9.17) is 4.74 Å². The number of esters is 1. The molecule has 2 heteroatoms. The lowest BCUT2D eigenvalue weighted by Gasteiger charge is -2.08. The van der Waals surface area contributed by atoms with E-state index < -0.39 is 0 Å². The highest BCUT2D eigenvalue weighted by atomic mass is 16.5. The van der Waals surface area contributed by atoms with Gasteiger partial charge >= 0.3 is 5.97 Å². The summed E-state index contributed by atoms with van der Waals surface area (Å²) in [5, 5.41) is 0. The Kier molecular flexibility index (Phi) is 2.85. The van der Waals surface area contributed by atoms with Crippen LogP contribution in [0.25, 0.3) is 0 Å². The Balaban J connectivity index is 1.86. The normalized spacial score (nSPS) is 13.1. The second kappa shape index (κ2) is 4.65.